The quantitative estimate of drug-likeness (QED) is 0.526. The first-order valence-corrected chi connectivity index (χ1v) is 6.27. The van der Waals surface area contributed by atoms with Crippen molar-refractivity contribution in [3.05, 3.63) is 0 Å². The van der Waals surface area contributed by atoms with Gasteiger partial charge in [-0.1, -0.05) is 25.7 Å². The highest BCUT2D eigenvalue weighted by Crippen LogP contribution is 2.43. The zero-order chi connectivity index (χ0) is 9.97. The molecule has 0 spiro atoms. The smallest absolute Gasteiger partial charge is 0.0210 e. The molecule has 0 bridgehead atoms. The molecule has 0 aromatic carbocycles. The summed E-state index contributed by atoms with van der Waals surface area (Å²) >= 11 is 0. The van der Waals surface area contributed by atoms with Crippen molar-refractivity contribution in [3.8, 4) is 0 Å². The van der Waals surface area contributed by atoms with Gasteiger partial charge in [0, 0.05) is 6.04 Å². The van der Waals surface area contributed by atoms with Crippen LogP contribution < -0.4 is 11.3 Å². The summed E-state index contributed by atoms with van der Waals surface area (Å²) in [6, 6.07) is 0.512. The van der Waals surface area contributed by atoms with E-state index in [4.69, 9.17) is 5.84 Å². The molecule has 14 heavy (non-hydrogen) atoms. The third-order valence-electron chi connectivity index (χ3n) is 4.55. The van der Waals surface area contributed by atoms with Crippen LogP contribution in [0.5, 0.6) is 0 Å². The van der Waals surface area contributed by atoms with E-state index in [0.717, 1.165) is 17.8 Å². The standard InChI is InChI=1S/C12H24N2/c1-9(14-13)11-7-6-10-4-2-3-5-12(10)8-11/h9-12,14H,2-8,13H2,1H3. The topological polar surface area (TPSA) is 38.0 Å². The first kappa shape index (κ1) is 10.4. The number of hydrazine groups is 1. The molecule has 0 heterocycles. The minimum Gasteiger partial charge on any atom is -0.271 e. The summed E-state index contributed by atoms with van der Waals surface area (Å²) in [4.78, 5) is 0. The number of rotatable bonds is 2. The van der Waals surface area contributed by atoms with Crippen molar-refractivity contribution in [2.24, 2.45) is 23.6 Å². The summed E-state index contributed by atoms with van der Waals surface area (Å²) in [5.74, 6) is 8.44. The number of hydrogen-bond donors (Lipinski definition) is 2. The number of fused-ring (bicyclic) bond motifs is 1. The Kier molecular flexibility index (Phi) is 3.45. The summed E-state index contributed by atoms with van der Waals surface area (Å²) in [5.41, 5.74) is 2.93. The molecule has 82 valence electrons. The van der Waals surface area contributed by atoms with Gasteiger partial charge in [0.05, 0.1) is 0 Å². The van der Waals surface area contributed by atoms with Crippen molar-refractivity contribution in [2.75, 3.05) is 0 Å². The Hall–Kier alpha value is -0.0800. The van der Waals surface area contributed by atoms with Gasteiger partial charge in [-0.3, -0.25) is 11.3 Å². The lowest BCUT2D eigenvalue weighted by Crippen LogP contribution is -2.42. The molecule has 4 atom stereocenters. The van der Waals surface area contributed by atoms with Gasteiger partial charge >= 0.3 is 0 Å². The van der Waals surface area contributed by atoms with E-state index in [2.05, 4.69) is 12.3 Å². The molecule has 2 aliphatic rings. The van der Waals surface area contributed by atoms with E-state index < -0.39 is 0 Å². The molecule has 2 nitrogen and oxygen atoms in total. The highest BCUT2D eigenvalue weighted by Gasteiger charge is 2.33. The van der Waals surface area contributed by atoms with Gasteiger partial charge in [-0.05, 0) is 43.9 Å². The van der Waals surface area contributed by atoms with E-state index in [-0.39, 0.29) is 0 Å². The van der Waals surface area contributed by atoms with Gasteiger partial charge < -0.3 is 0 Å². The maximum Gasteiger partial charge on any atom is 0.0210 e. The van der Waals surface area contributed by atoms with Crippen molar-refractivity contribution in [1.29, 1.82) is 0 Å². The lowest BCUT2D eigenvalue weighted by atomic mass is 9.66. The lowest BCUT2D eigenvalue weighted by molar-refractivity contribution is 0.113. The molecule has 3 N–H and O–H groups in total. The molecule has 2 saturated carbocycles. The van der Waals surface area contributed by atoms with Crippen LogP contribution in [-0.2, 0) is 0 Å². The third kappa shape index (κ3) is 2.12. The molecular formula is C12H24N2. The van der Waals surface area contributed by atoms with E-state index in [1.54, 1.807) is 0 Å². The van der Waals surface area contributed by atoms with Crippen LogP contribution in [0.4, 0.5) is 0 Å². The summed E-state index contributed by atoms with van der Waals surface area (Å²) in [7, 11) is 0. The molecule has 2 rings (SSSR count). The summed E-state index contributed by atoms with van der Waals surface area (Å²) in [5, 5.41) is 0. The fraction of sp³-hybridized carbons (Fsp3) is 1.00. The molecule has 0 saturated heterocycles. The van der Waals surface area contributed by atoms with E-state index in [9.17, 15) is 0 Å². The zero-order valence-electron chi connectivity index (χ0n) is 9.34. The van der Waals surface area contributed by atoms with Crippen LogP contribution in [0, 0.1) is 17.8 Å². The maximum atomic E-state index is 5.52. The van der Waals surface area contributed by atoms with Gasteiger partial charge in [0.2, 0.25) is 0 Å². The molecule has 0 aromatic heterocycles. The molecule has 4 unspecified atom stereocenters. The van der Waals surface area contributed by atoms with Crippen molar-refractivity contribution in [1.82, 2.24) is 5.43 Å². The van der Waals surface area contributed by atoms with Crippen LogP contribution in [0.1, 0.15) is 51.9 Å². The van der Waals surface area contributed by atoms with Gasteiger partial charge in [-0.15, -0.1) is 0 Å². The number of hydrogen-bond acceptors (Lipinski definition) is 2. The maximum absolute atomic E-state index is 5.52. The SMILES string of the molecule is CC(NN)C1CCC2CCCCC2C1. The van der Waals surface area contributed by atoms with Crippen molar-refractivity contribution >= 4 is 0 Å². The number of nitrogens with one attached hydrogen (secondary N) is 1. The first-order chi connectivity index (χ1) is 6.81. The van der Waals surface area contributed by atoms with Crippen molar-refractivity contribution < 1.29 is 0 Å². The molecule has 2 heteroatoms. The van der Waals surface area contributed by atoms with E-state index in [1.807, 2.05) is 0 Å². The van der Waals surface area contributed by atoms with Crippen LogP contribution >= 0.6 is 0 Å². The van der Waals surface area contributed by atoms with Gasteiger partial charge in [0.1, 0.15) is 0 Å². The van der Waals surface area contributed by atoms with Gasteiger partial charge in [0.25, 0.3) is 0 Å². The Morgan fingerprint density at radius 3 is 2.50 bits per heavy atom. The molecule has 0 aliphatic heterocycles. The highest BCUT2D eigenvalue weighted by atomic mass is 15.2. The summed E-state index contributed by atoms with van der Waals surface area (Å²) in [6.07, 6.45) is 10.2. The molecular weight excluding hydrogens is 172 g/mol. The minimum atomic E-state index is 0.512. The highest BCUT2D eigenvalue weighted by molar-refractivity contribution is 4.86. The largest absolute Gasteiger partial charge is 0.271 e. The van der Waals surface area contributed by atoms with Crippen LogP contribution in [0.3, 0.4) is 0 Å². The fourth-order valence-corrected chi connectivity index (χ4v) is 3.50. The zero-order valence-corrected chi connectivity index (χ0v) is 9.34. The molecule has 0 radical (unpaired) electrons. The normalized spacial score (nSPS) is 40.3. The minimum absolute atomic E-state index is 0.512. The van der Waals surface area contributed by atoms with Crippen molar-refractivity contribution in [2.45, 2.75) is 57.9 Å². The summed E-state index contributed by atoms with van der Waals surface area (Å²) in [6.45, 7) is 2.23. The second-order valence-electron chi connectivity index (χ2n) is 5.33. The van der Waals surface area contributed by atoms with Crippen LogP contribution in [0.2, 0.25) is 0 Å². The molecule has 2 aliphatic carbocycles. The predicted octanol–water partition coefficient (Wildman–Crippen LogP) is 2.44. The fourth-order valence-electron chi connectivity index (χ4n) is 3.50. The van der Waals surface area contributed by atoms with Gasteiger partial charge in [0.15, 0.2) is 0 Å². The Bertz CT molecular complexity index is 181. The monoisotopic (exact) mass is 196 g/mol. The molecule has 2 fully saturated rings. The first-order valence-electron chi connectivity index (χ1n) is 6.27. The van der Waals surface area contributed by atoms with Crippen LogP contribution in [0.15, 0.2) is 0 Å². The van der Waals surface area contributed by atoms with Crippen LogP contribution in [-0.4, -0.2) is 6.04 Å². The third-order valence-corrected chi connectivity index (χ3v) is 4.55. The van der Waals surface area contributed by atoms with E-state index in [1.165, 1.54) is 44.9 Å². The van der Waals surface area contributed by atoms with Gasteiger partial charge in [-0.2, -0.15) is 0 Å². The average Bonchev–Trinajstić information content (AvgIpc) is 2.27. The Morgan fingerprint density at radius 1 is 1.07 bits per heavy atom. The lowest BCUT2D eigenvalue weighted by Gasteiger charge is -2.41. The van der Waals surface area contributed by atoms with E-state index in [0.29, 0.717) is 6.04 Å². The Morgan fingerprint density at radius 2 is 1.79 bits per heavy atom. The average molecular weight is 196 g/mol. The second-order valence-corrected chi connectivity index (χ2v) is 5.33. The Balaban J connectivity index is 1.89. The van der Waals surface area contributed by atoms with Crippen molar-refractivity contribution in [3.63, 3.8) is 0 Å². The van der Waals surface area contributed by atoms with Gasteiger partial charge in [-0.25, -0.2) is 0 Å². The Labute approximate surface area is 87.6 Å². The molecule has 0 aromatic rings. The summed E-state index contributed by atoms with van der Waals surface area (Å²) < 4.78 is 0. The second kappa shape index (κ2) is 4.63. The predicted molar refractivity (Wildman–Crippen MR) is 59.6 cm³/mol. The number of nitrogens with two attached hydrogens (primary N) is 1. The van der Waals surface area contributed by atoms with E-state index >= 15 is 0 Å². The van der Waals surface area contributed by atoms with Crippen LogP contribution in [0.25, 0.3) is 0 Å². The molecule has 0 amide bonds.